The third-order valence-corrected chi connectivity index (χ3v) is 4.23. The van der Waals surface area contributed by atoms with Crippen LogP contribution >= 0.6 is 12.4 Å². The number of piperazine rings is 1. The molecule has 0 aliphatic carbocycles. The molecule has 1 atom stereocenters. The fraction of sp³-hybridized carbons (Fsp3) is 0.625. The molecule has 0 bridgehead atoms. The zero-order valence-electron chi connectivity index (χ0n) is 13.4. The highest BCUT2D eigenvalue weighted by Crippen LogP contribution is 2.43. The Morgan fingerprint density at radius 1 is 1.17 bits per heavy atom. The topological polar surface area (TPSA) is 35.5 Å². The number of hydrogen-bond acceptors (Lipinski definition) is 3. The van der Waals surface area contributed by atoms with Crippen molar-refractivity contribution in [1.82, 2.24) is 10.2 Å². The normalized spacial score (nSPS) is 18.3. The number of aliphatic hydroxyl groups is 1. The largest absolute Gasteiger partial charge is 0.416 e. The molecule has 0 aromatic heterocycles. The summed E-state index contributed by atoms with van der Waals surface area (Å²) in [7, 11) is 0. The quantitative estimate of drug-likeness (QED) is 0.874. The number of hydrogen-bond donors (Lipinski definition) is 2. The van der Waals surface area contributed by atoms with Gasteiger partial charge in [-0.3, -0.25) is 4.90 Å². The molecule has 7 heteroatoms. The smallest absolute Gasteiger partial charge is 0.396 e. The van der Waals surface area contributed by atoms with Gasteiger partial charge in [0, 0.05) is 44.2 Å². The average molecular weight is 353 g/mol. The van der Waals surface area contributed by atoms with Gasteiger partial charge in [-0.25, -0.2) is 0 Å². The SMILES string of the molecule is CC(C)(CO)[C@H](c1ccccc1C(F)(F)F)N1CCNCC1.Cl. The van der Waals surface area contributed by atoms with Gasteiger partial charge in [-0.2, -0.15) is 13.2 Å². The second kappa shape index (κ2) is 7.83. The summed E-state index contributed by atoms with van der Waals surface area (Å²) in [5.41, 5.74) is -1.03. The summed E-state index contributed by atoms with van der Waals surface area (Å²) in [5, 5.41) is 12.9. The van der Waals surface area contributed by atoms with Crippen molar-refractivity contribution in [3.8, 4) is 0 Å². The molecule has 0 radical (unpaired) electrons. The van der Waals surface area contributed by atoms with Crippen LogP contribution in [0, 0.1) is 5.41 Å². The van der Waals surface area contributed by atoms with E-state index in [1.807, 2.05) is 18.7 Å². The van der Waals surface area contributed by atoms with Gasteiger partial charge in [0.15, 0.2) is 0 Å². The maximum Gasteiger partial charge on any atom is 0.416 e. The van der Waals surface area contributed by atoms with E-state index in [1.165, 1.54) is 12.1 Å². The van der Waals surface area contributed by atoms with Crippen LogP contribution in [-0.2, 0) is 6.18 Å². The molecule has 1 aliphatic rings. The number of nitrogens with zero attached hydrogens (tertiary/aromatic N) is 1. The van der Waals surface area contributed by atoms with E-state index in [2.05, 4.69) is 5.32 Å². The Morgan fingerprint density at radius 3 is 2.26 bits per heavy atom. The molecule has 2 N–H and O–H groups in total. The van der Waals surface area contributed by atoms with Crippen LogP contribution < -0.4 is 5.32 Å². The fourth-order valence-corrected chi connectivity index (χ4v) is 3.13. The predicted molar refractivity (Wildman–Crippen MR) is 86.7 cm³/mol. The molecule has 0 spiro atoms. The molecule has 132 valence electrons. The second-order valence-corrected chi connectivity index (χ2v) is 6.42. The van der Waals surface area contributed by atoms with Crippen molar-refractivity contribution in [3.63, 3.8) is 0 Å². The summed E-state index contributed by atoms with van der Waals surface area (Å²) >= 11 is 0. The number of rotatable bonds is 4. The number of halogens is 4. The number of aliphatic hydroxyl groups excluding tert-OH is 1. The van der Waals surface area contributed by atoms with Crippen LogP contribution in [0.1, 0.15) is 31.0 Å². The Balaban J connectivity index is 0.00000264. The van der Waals surface area contributed by atoms with Gasteiger partial charge in [-0.15, -0.1) is 12.4 Å². The van der Waals surface area contributed by atoms with E-state index in [9.17, 15) is 18.3 Å². The van der Waals surface area contributed by atoms with Crippen molar-refractivity contribution in [2.45, 2.75) is 26.1 Å². The lowest BCUT2D eigenvalue weighted by molar-refractivity contribution is -0.139. The van der Waals surface area contributed by atoms with Crippen LogP contribution in [0.4, 0.5) is 13.2 Å². The minimum atomic E-state index is -4.39. The van der Waals surface area contributed by atoms with Crippen LogP contribution in [0.5, 0.6) is 0 Å². The van der Waals surface area contributed by atoms with Crippen molar-refractivity contribution >= 4 is 12.4 Å². The Kier molecular flexibility index (Phi) is 6.89. The van der Waals surface area contributed by atoms with E-state index in [0.717, 1.165) is 19.2 Å². The zero-order valence-corrected chi connectivity index (χ0v) is 14.2. The molecule has 0 saturated carbocycles. The highest BCUT2D eigenvalue weighted by Gasteiger charge is 2.41. The monoisotopic (exact) mass is 352 g/mol. The molecule has 3 nitrogen and oxygen atoms in total. The molecular formula is C16H24ClF3N2O. The van der Waals surface area contributed by atoms with E-state index in [1.54, 1.807) is 6.07 Å². The first-order chi connectivity index (χ1) is 10.3. The third-order valence-electron chi connectivity index (χ3n) is 4.23. The fourth-order valence-electron chi connectivity index (χ4n) is 3.13. The first-order valence-corrected chi connectivity index (χ1v) is 7.49. The van der Waals surface area contributed by atoms with Crippen LogP contribution in [0.15, 0.2) is 24.3 Å². The van der Waals surface area contributed by atoms with E-state index in [0.29, 0.717) is 13.1 Å². The van der Waals surface area contributed by atoms with E-state index >= 15 is 0 Å². The summed E-state index contributed by atoms with van der Waals surface area (Å²) in [6.45, 7) is 6.27. The van der Waals surface area contributed by atoms with E-state index in [4.69, 9.17) is 0 Å². The third kappa shape index (κ3) is 4.59. The summed E-state index contributed by atoms with van der Waals surface area (Å²) < 4.78 is 40.1. The van der Waals surface area contributed by atoms with E-state index in [-0.39, 0.29) is 24.6 Å². The van der Waals surface area contributed by atoms with Crippen molar-refractivity contribution in [1.29, 1.82) is 0 Å². The molecule has 0 unspecified atom stereocenters. The molecule has 1 aliphatic heterocycles. The van der Waals surface area contributed by atoms with Gasteiger partial charge in [0.1, 0.15) is 0 Å². The first-order valence-electron chi connectivity index (χ1n) is 7.49. The van der Waals surface area contributed by atoms with Crippen molar-refractivity contribution in [3.05, 3.63) is 35.4 Å². The van der Waals surface area contributed by atoms with Gasteiger partial charge >= 0.3 is 6.18 Å². The Bertz CT molecular complexity index is 502. The number of alkyl halides is 3. The minimum Gasteiger partial charge on any atom is -0.396 e. The molecule has 23 heavy (non-hydrogen) atoms. The highest BCUT2D eigenvalue weighted by molar-refractivity contribution is 5.85. The Morgan fingerprint density at radius 2 is 1.74 bits per heavy atom. The van der Waals surface area contributed by atoms with Gasteiger partial charge in [-0.05, 0) is 11.6 Å². The zero-order chi connectivity index (χ0) is 16.4. The molecule has 1 saturated heterocycles. The van der Waals surface area contributed by atoms with Gasteiger partial charge in [0.2, 0.25) is 0 Å². The van der Waals surface area contributed by atoms with Crippen molar-refractivity contribution in [2.75, 3.05) is 32.8 Å². The minimum absolute atomic E-state index is 0. The summed E-state index contributed by atoms with van der Waals surface area (Å²) in [4.78, 5) is 2.04. The van der Waals surface area contributed by atoms with Crippen LogP contribution in [0.25, 0.3) is 0 Å². The highest BCUT2D eigenvalue weighted by atomic mass is 35.5. The Hall–Kier alpha value is -0.820. The number of nitrogens with one attached hydrogen (secondary N) is 1. The molecule has 1 fully saturated rings. The van der Waals surface area contributed by atoms with Gasteiger partial charge in [0.25, 0.3) is 0 Å². The molecule has 2 rings (SSSR count). The molecule has 1 aromatic rings. The number of benzene rings is 1. The first kappa shape index (κ1) is 20.2. The summed E-state index contributed by atoms with van der Waals surface area (Å²) in [6.07, 6.45) is -4.39. The maximum absolute atomic E-state index is 13.4. The molecule has 1 heterocycles. The summed E-state index contributed by atoms with van der Waals surface area (Å²) in [6, 6.07) is 5.23. The van der Waals surface area contributed by atoms with Gasteiger partial charge in [0.05, 0.1) is 5.56 Å². The maximum atomic E-state index is 13.4. The van der Waals surface area contributed by atoms with Crippen molar-refractivity contribution < 1.29 is 18.3 Å². The summed E-state index contributed by atoms with van der Waals surface area (Å²) in [5.74, 6) is 0. The second-order valence-electron chi connectivity index (χ2n) is 6.42. The van der Waals surface area contributed by atoms with Crippen LogP contribution in [-0.4, -0.2) is 42.8 Å². The molecular weight excluding hydrogens is 329 g/mol. The Labute approximate surface area is 141 Å². The average Bonchev–Trinajstić information content (AvgIpc) is 2.48. The lowest BCUT2D eigenvalue weighted by atomic mass is 9.78. The van der Waals surface area contributed by atoms with Crippen molar-refractivity contribution in [2.24, 2.45) is 5.41 Å². The standard InChI is InChI=1S/C16H23F3N2O.ClH/c1-15(2,11-22)14(21-9-7-20-8-10-21)12-5-3-4-6-13(12)16(17,18)19;/h3-6,14,20,22H,7-11H2,1-2H3;1H/t14-;/m0./s1. The predicted octanol–water partition coefficient (Wildman–Crippen LogP) is 3.09. The molecule has 0 amide bonds. The van der Waals surface area contributed by atoms with Gasteiger partial charge < -0.3 is 10.4 Å². The molecule has 1 aromatic carbocycles. The lowest BCUT2D eigenvalue weighted by Crippen LogP contribution is -2.50. The lowest BCUT2D eigenvalue weighted by Gasteiger charge is -2.44. The van der Waals surface area contributed by atoms with E-state index < -0.39 is 23.2 Å². The van der Waals surface area contributed by atoms with Crippen LogP contribution in [0.3, 0.4) is 0 Å². The van der Waals surface area contributed by atoms with Crippen LogP contribution in [0.2, 0.25) is 0 Å². The van der Waals surface area contributed by atoms with Gasteiger partial charge in [-0.1, -0.05) is 32.0 Å².